The molecule has 0 fully saturated rings. The van der Waals surface area contributed by atoms with E-state index >= 15 is 0 Å². The van der Waals surface area contributed by atoms with Crippen LogP contribution in [0.3, 0.4) is 0 Å². The highest BCUT2D eigenvalue weighted by molar-refractivity contribution is 7.47. The van der Waals surface area contributed by atoms with Gasteiger partial charge >= 0.3 is 39.5 Å². The van der Waals surface area contributed by atoms with Crippen molar-refractivity contribution in [2.24, 2.45) is 0 Å². The molecule has 0 spiro atoms. The molecule has 0 radical (unpaired) electrons. The quantitative estimate of drug-likeness (QED) is 0.0169. The molecule has 0 aliphatic carbocycles. The third-order valence-corrected chi connectivity index (χ3v) is 18.2. The van der Waals surface area contributed by atoms with Gasteiger partial charge in [-0.25, -0.2) is 9.13 Å². The van der Waals surface area contributed by atoms with Gasteiger partial charge in [0, 0.05) is 25.7 Å². The molecule has 2 unspecified atom stereocenters. The number of unbranched alkanes of at least 4 members (excludes halogenated alkanes) is 33. The van der Waals surface area contributed by atoms with Crippen LogP contribution in [-0.4, -0.2) is 96.7 Å². The van der Waals surface area contributed by atoms with Crippen molar-refractivity contribution in [3.8, 4) is 0 Å². The number of hydrogen-bond acceptors (Lipinski definition) is 15. The van der Waals surface area contributed by atoms with Crippen LogP contribution in [0.4, 0.5) is 0 Å². The monoisotopic (exact) mass is 1420 g/mol. The van der Waals surface area contributed by atoms with Gasteiger partial charge in [-0.05, 0) is 122 Å². The van der Waals surface area contributed by atoms with Crippen LogP contribution in [-0.2, 0) is 65.4 Å². The average molecular weight is 1420 g/mol. The van der Waals surface area contributed by atoms with Crippen molar-refractivity contribution in [3.63, 3.8) is 0 Å². The molecule has 17 nitrogen and oxygen atoms in total. The summed E-state index contributed by atoms with van der Waals surface area (Å²) in [5.41, 5.74) is 0. The van der Waals surface area contributed by atoms with Crippen molar-refractivity contribution in [1.29, 1.82) is 0 Å². The molecular formula is C79H140O17P2. The molecule has 0 aliphatic heterocycles. The van der Waals surface area contributed by atoms with E-state index in [0.29, 0.717) is 25.7 Å². The van der Waals surface area contributed by atoms with Gasteiger partial charge in [-0.1, -0.05) is 273 Å². The van der Waals surface area contributed by atoms with Gasteiger partial charge < -0.3 is 33.8 Å². The van der Waals surface area contributed by atoms with Crippen LogP contribution < -0.4 is 0 Å². The number of phosphoric ester groups is 2. The van der Waals surface area contributed by atoms with E-state index in [4.69, 9.17) is 37.0 Å². The average Bonchev–Trinajstić information content (AvgIpc) is 0.966. The Morgan fingerprint density at radius 1 is 0.296 bits per heavy atom. The second-order valence-corrected chi connectivity index (χ2v) is 28.8. The Bertz CT molecular complexity index is 2190. The van der Waals surface area contributed by atoms with Crippen molar-refractivity contribution in [1.82, 2.24) is 0 Å². The predicted octanol–water partition coefficient (Wildman–Crippen LogP) is 22.2. The minimum atomic E-state index is -4.98. The van der Waals surface area contributed by atoms with Crippen LogP contribution in [0.15, 0.2) is 85.1 Å². The zero-order chi connectivity index (χ0) is 71.8. The van der Waals surface area contributed by atoms with Gasteiger partial charge in [-0.2, -0.15) is 0 Å². The first-order valence-corrected chi connectivity index (χ1v) is 41.8. The summed E-state index contributed by atoms with van der Waals surface area (Å²) < 4.78 is 68.5. The maximum atomic E-state index is 13.1. The van der Waals surface area contributed by atoms with Gasteiger partial charge in [0.1, 0.15) is 19.3 Å². The topological polar surface area (TPSA) is 237 Å². The Labute approximate surface area is 595 Å². The third-order valence-electron chi connectivity index (χ3n) is 16.3. The lowest BCUT2D eigenvalue weighted by molar-refractivity contribution is -0.161. The number of ether oxygens (including phenoxy) is 4. The van der Waals surface area contributed by atoms with Crippen LogP contribution in [0.1, 0.15) is 336 Å². The molecule has 98 heavy (non-hydrogen) atoms. The molecule has 0 rings (SSSR count). The first-order valence-electron chi connectivity index (χ1n) is 38.8. The molecule has 0 aliphatic rings. The Morgan fingerprint density at radius 2 is 0.531 bits per heavy atom. The van der Waals surface area contributed by atoms with Crippen LogP contribution >= 0.6 is 15.6 Å². The minimum absolute atomic E-state index is 0.0782. The van der Waals surface area contributed by atoms with E-state index in [1.54, 1.807) is 0 Å². The van der Waals surface area contributed by atoms with Gasteiger partial charge in [0.15, 0.2) is 12.2 Å². The summed E-state index contributed by atoms with van der Waals surface area (Å²) in [4.78, 5) is 72.8. The number of phosphoric acid groups is 2. The number of rotatable bonds is 73. The molecule has 5 atom stereocenters. The molecule has 0 saturated heterocycles. The van der Waals surface area contributed by atoms with Gasteiger partial charge in [0.25, 0.3) is 0 Å². The third kappa shape index (κ3) is 70.7. The summed E-state index contributed by atoms with van der Waals surface area (Å²) in [6.45, 7) is 4.71. The zero-order valence-corrected chi connectivity index (χ0v) is 63.7. The van der Waals surface area contributed by atoms with E-state index in [9.17, 15) is 43.2 Å². The highest BCUT2D eigenvalue weighted by Crippen LogP contribution is 2.45. The van der Waals surface area contributed by atoms with E-state index in [1.807, 2.05) is 0 Å². The summed E-state index contributed by atoms with van der Waals surface area (Å²) in [7, 11) is -9.95. The highest BCUT2D eigenvalue weighted by Gasteiger charge is 2.30. The Morgan fingerprint density at radius 3 is 0.847 bits per heavy atom. The van der Waals surface area contributed by atoms with Gasteiger partial charge in [-0.3, -0.25) is 37.3 Å². The molecule has 0 amide bonds. The van der Waals surface area contributed by atoms with E-state index in [-0.39, 0.29) is 25.7 Å². The van der Waals surface area contributed by atoms with E-state index in [1.165, 1.54) is 109 Å². The number of allylic oxidation sites excluding steroid dienone is 14. The van der Waals surface area contributed by atoms with Crippen molar-refractivity contribution in [2.45, 2.75) is 354 Å². The summed E-state index contributed by atoms with van der Waals surface area (Å²) in [6.07, 6.45) is 72.8. The number of aliphatic hydroxyl groups excluding tert-OH is 1. The molecule has 19 heteroatoms. The summed E-state index contributed by atoms with van der Waals surface area (Å²) in [5.74, 6) is -2.21. The normalized spacial score (nSPS) is 14.4. The summed E-state index contributed by atoms with van der Waals surface area (Å²) >= 11 is 0. The number of carbonyl (C=O) groups is 4. The van der Waals surface area contributed by atoms with E-state index in [2.05, 4.69) is 113 Å². The lowest BCUT2D eigenvalue weighted by Crippen LogP contribution is -2.30. The summed E-state index contributed by atoms with van der Waals surface area (Å²) in [5, 5.41) is 10.6. The SMILES string of the molecule is CC/C=C\C/C=C\C/C=C\C/C=C\C/C=C\CCCCCC(=O)OC[C@H](COP(=O)(O)OC[C@@H](O)COP(=O)(O)OC[C@@H](COC(=O)CCCCCCCCCCCCCCC)OC(=O)CCCCCCC/C=C\CCCCCC)OC(=O)CCCCCCC/C=C\CCCCCC. The number of carbonyl (C=O) groups excluding carboxylic acids is 4. The van der Waals surface area contributed by atoms with Gasteiger partial charge in [0.2, 0.25) is 0 Å². The minimum Gasteiger partial charge on any atom is -0.462 e. The Hall–Kier alpha value is -3.76. The second kappa shape index (κ2) is 71.6. The predicted molar refractivity (Wildman–Crippen MR) is 399 cm³/mol. The van der Waals surface area contributed by atoms with Gasteiger partial charge in [0.05, 0.1) is 26.4 Å². The van der Waals surface area contributed by atoms with Crippen LogP contribution in [0.5, 0.6) is 0 Å². The molecule has 3 N–H and O–H groups in total. The Balaban J connectivity index is 5.35. The van der Waals surface area contributed by atoms with E-state index in [0.717, 1.165) is 148 Å². The largest absolute Gasteiger partial charge is 0.472 e. The highest BCUT2D eigenvalue weighted by atomic mass is 31.2. The number of aliphatic hydroxyl groups is 1. The molecule has 0 aromatic heterocycles. The smallest absolute Gasteiger partial charge is 0.462 e. The van der Waals surface area contributed by atoms with Crippen LogP contribution in [0.2, 0.25) is 0 Å². The van der Waals surface area contributed by atoms with Crippen LogP contribution in [0, 0.1) is 0 Å². The first kappa shape index (κ1) is 94.2. The molecular weight excluding hydrogens is 1280 g/mol. The van der Waals surface area contributed by atoms with Crippen molar-refractivity contribution < 1.29 is 80.2 Å². The Kier molecular flexibility index (Phi) is 68.9. The molecule has 568 valence electrons. The maximum absolute atomic E-state index is 13.1. The van der Waals surface area contributed by atoms with Crippen LogP contribution in [0.25, 0.3) is 0 Å². The van der Waals surface area contributed by atoms with E-state index < -0.39 is 97.5 Å². The molecule has 0 saturated carbocycles. The lowest BCUT2D eigenvalue weighted by Gasteiger charge is -2.21. The second-order valence-electron chi connectivity index (χ2n) is 25.9. The fraction of sp³-hybridized carbons (Fsp3) is 0.772. The zero-order valence-electron chi connectivity index (χ0n) is 62.0. The van der Waals surface area contributed by atoms with Crippen molar-refractivity contribution >= 4 is 39.5 Å². The molecule has 0 aromatic carbocycles. The fourth-order valence-corrected chi connectivity index (χ4v) is 12.0. The first-order chi connectivity index (χ1) is 47.7. The number of esters is 4. The summed E-state index contributed by atoms with van der Waals surface area (Å²) in [6, 6.07) is 0. The number of hydrogen-bond donors (Lipinski definition) is 3. The molecule has 0 bridgehead atoms. The van der Waals surface area contributed by atoms with Gasteiger partial charge in [-0.15, -0.1) is 0 Å². The lowest BCUT2D eigenvalue weighted by atomic mass is 10.0. The standard InChI is InChI=1S/C79H140O17P2/c1-5-9-13-17-21-25-29-33-34-35-36-37-38-42-44-48-52-56-60-64-77(82)90-70-75(96-79(84)66-62-58-54-50-46-41-32-28-24-20-16-12-8-4)72-94-98(87,88)92-68-73(80)67-91-97(85,86)93-71-74(95-78(83)65-61-57-53-49-45-40-31-27-23-19-15-11-7-3)69-89-76(81)63-59-55-51-47-43-39-30-26-22-18-14-10-6-2/h9,13,21,25,27-28,31-34,36-37,42,44,73-75,80H,5-8,10-12,14-20,22-24,26,29-30,35,38-41,43,45-72H2,1-4H3,(H,85,86)(H,87,88)/b13-9-,25-21-,31-27-,32-28-,34-33-,37-36-,44-42-/t73-,74+,75+/m0/s1. The van der Waals surface area contributed by atoms with Crippen molar-refractivity contribution in [3.05, 3.63) is 85.1 Å². The molecule has 0 aromatic rings. The fourth-order valence-electron chi connectivity index (χ4n) is 10.4. The maximum Gasteiger partial charge on any atom is 0.472 e. The van der Waals surface area contributed by atoms with Crippen molar-refractivity contribution in [2.75, 3.05) is 39.6 Å². The molecule has 0 heterocycles.